The number of nitrogens with two attached hydrogens (primary N) is 1. The van der Waals surface area contributed by atoms with Crippen molar-refractivity contribution >= 4 is 5.91 Å². The number of hydrogen-bond acceptors (Lipinski definition) is 3. The Hall–Kier alpha value is -1.55. The van der Waals surface area contributed by atoms with Crippen LogP contribution in [0, 0.1) is 5.41 Å². The van der Waals surface area contributed by atoms with Gasteiger partial charge in [-0.2, -0.15) is 0 Å². The Kier molecular flexibility index (Phi) is 6.69. The van der Waals surface area contributed by atoms with Crippen LogP contribution in [0.4, 0.5) is 0 Å². The van der Waals surface area contributed by atoms with Gasteiger partial charge in [0.2, 0.25) is 5.91 Å². The largest absolute Gasteiger partial charge is 0.496 e. The van der Waals surface area contributed by atoms with Gasteiger partial charge in [0.15, 0.2) is 0 Å². The minimum absolute atomic E-state index is 0.121. The van der Waals surface area contributed by atoms with Crippen LogP contribution >= 0.6 is 0 Å². The number of ether oxygens (including phenoxy) is 1. The second kappa shape index (κ2) is 8.03. The van der Waals surface area contributed by atoms with Crippen LogP contribution in [0.2, 0.25) is 0 Å². The maximum Gasteiger partial charge on any atom is 0.222 e. The first kappa shape index (κ1) is 17.5. The van der Waals surface area contributed by atoms with Crippen LogP contribution in [0.3, 0.4) is 0 Å². The zero-order chi connectivity index (χ0) is 15.9. The van der Waals surface area contributed by atoms with Crippen LogP contribution < -0.4 is 10.5 Å². The molecule has 0 saturated heterocycles. The van der Waals surface area contributed by atoms with Crippen LogP contribution in [0.25, 0.3) is 0 Å². The number of nitrogens with zero attached hydrogens (tertiary/aromatic N) is 1. The highest BCUT2D eigenvalue weighted by molar-refractivity contribution is 5.76. The van der Waals surface area contributed by atoms with Gasteiger partial charge in [0.1, 0.15) is 5.75 Å². The van der Waals surface area contributed by atoms with E-state index in [4.69, 9.17) is 10.5 Å². The average Bonchev–Trinajstić information content (AvgIpc) is 2.45. The molecule has 0 radical (unpaired) electrons. The molecule has 0 spiro atoms. The number of hydrogen-bond donors (Lipinski definition) is 1. The molecule has 0 fully saturated rings. The third-order valence-corrected chi connectivity index (χ3v) is 3.86. The molecule has 0 aliphatic rings. The van der Waals surface area contributed by atoms with E-state index in [1.54, 1.807) is 12.0 Å². The molecule has 2 N–H and O–H groups in total. The fourth-order valence-corrected chi connectivity index (χ4v) is 2.33. The molecule has 21 heavy (non-hydrogen) atoms. The summed E-state index contributed by atoms with van der Waals surface area (Å²) in [5.74, 6) is 0.978. The molecule has 4 nitrogen and oxygen atoms in total. The molecule has 0 atom stereocenters. The van der Waals surface area contributed by atoms with Crippen molar-refractivity contribution in [3.8, 4) is 5.75 Å². The van der Waals surface area contributed by atoms with Crippen LogP contribution in [-0.2, 0) is 11.3 Å². The minimum Gasteiger partial charge on any atom is -0.496 e. The van der Waals surface area contributed by atoms with Gasteiger partial charge >= 0.3 is 0 Å². The maximum absolute atomic E-state index is 12.3. The zero-order valence-electron chi connectivity index (χ0n) is 13.7. The van der Waals surface area contributed by atoms with Crippen LogP contribution in [0.15, 0.2) is 24.3 Å². The first-order valence-electron chi connectivity index (χ1n) is 7.45. The number of para-hydroxylation sites is 1. The van der Waals surface area contributed by atoms with E-state index in [1.165, 1.54) is 0 Å². The van der Waals surface area contributed by atoms with Crippen molar-refractivity contribution in [2.75, 3.05) is 20.7 Å². The molecule has 1 amide bonds. The van der Waals surface area contributed by atoms with Crippen molar-refractivity contribution in [3.05, 3.63) is 29.8 Å². The SMILES string of the molecule is COc1ccccc1CN(C)C(=O)CCC(C)(C)CCN. The molecule has 0 heterocycles. The number of methoxy groups -OCH3 is 1. The van der Waals surface area contributed by atoms with Gasteiger partial charge in [0, 0.05) is 25.6 Å². The molecule has 4 heteroatoms. The first-order valence-corrected chi connectivity index (χ1v) is 7.45. The predicted molar refractivity (Wildman–Crippen MR) is 86.2 cm³/mol. The quantitative estimate of drug-likeness (QED) is 0.801. The van der Waals surface area contributed by atoms with Crippen molar-refractivity contribution in [1.29, 1.82) is 0 Å². The van der Waals surface area contributed by atoms with Crippen LogP contribution in [0.5, 0.6) is 5.75 Å². The first-order chi connectivity index (χ1) is 9.89. The van der Waals surface area contributed by atoms with E-state index in [9.17, 15) is 4.79 Å². The Bertz CT molecular complexity index is 458. The van der Waals surface area contributed by atoms with Crippen molar-refractivity contribution in [2.24, 2.45) is 11.1 Å². The minimum atomic E-state index is 0.121. The topological polar surface area (TPSA) is 55.6 Å². The van der Waals surface area contributed by atoms with E-state index < -0.39 is 0 Å². The summed E-state index contributed by atoms with van der Waals surface area (Å²) in [6, 6.07) is 7.79. The van der Waals surface area contributed by atoms with Gasteiger partial charge in [0.05, 0.1) is 7.11 Å². The van der Waals surface area contributed by atoms with Gasteiger partial charge in [0.25, 0.3) is 0 Å². The molecule has 0 unspecified atom stereocenters. The Morgan fingerprint density at radius 2 is 1.95 bits per heavy atom. The third-order valence-electron chi connectivity index (χ3n) is 3.86. The van der Waals surface area contributed by atoms with E-state index in [-0.39, 0.29) is 11.3 Å². The predicted octanol–water partition coefficient (Wildman–Crippen LogP) is 2.81. The molecular weight excluding hydrogens is 264 g/mol. The fourth-order valence-electron chi connectivity index (χ4n) is 2.33. The summed E-state index contributed by atoms with van der Waals surface area (Å²) in [5, 5.41) is 0. The zero-order valence-corrected chi connectivity index (χ0v) is 13.7. The fraction of sp³-hybridized carbons (Fsp3) is 0.588. The summed E-state index contributed by atoms with van der Waals surface area (Å²) in [4.78, 5) is 14.0. The maximum atomic E-state index is 12.3. The molecule has 0 aliphatic heterocycles. The number of amides is 1. The summed E-state index contributed by atoms with van der Waals surface area (Å²) in [6.07, 6.45) is 2.36. The molecule has 0 aromatic heterocycles. The molecule has 1 aromatic rings. The summed E-state index contributed by atoms with van der Waals surface area (Å²) in [6.45, 7) is 5.55. The molecule has 0 bridgehead atoms. The van der Waals surface area contributed by atoms with Crippen LogP contribution in [0.1, 0.15) is 38.7 Å². The van der Waals surface area contributed by atoms with Gasteiger partial charge in [-0.25, -0.2) is 0 Å². The van der Waals surface area contributed by atoms with Crippen molar-refractivity contribution in [1.82, 2.24) is 4.90 Å². The number of benzene rings is 1. The standard InChI is InChI=1S/C17H28N2O2/c1-17(2,11-12-18)10-9-16(20)19(3)13-14-7-5-6-8-15(14)21-4/h5-8H,9-13,18H2,1-4H3. The highest BCUT2D eigenvalue weighted by Gasteiger charge is 2.20. The van der Waals surface area contributed by atoms with E-state index in [1.807, 2.05) is 31.3 Å². The molecule has 118 valence electrons. The summed E-state index contributed by atoms with van der Waals surface area (Å²) < 4.78 is 5.32. The smallest absolute Gasteiger partial charge is 0.222 e. The van der Waals surface area contributed by atoms with Crippen molar-refractivity contribution < 1.29 is 9.53 Å². The summed E-state index contributed by atoms with van der Waals surface area (Å²) in [7, 11) is 3.49. The number of carbonyl (C=O) groups excluding carboxylic acids is 1. The Balaban J connectivity index is 2.55. The van der Waals surface area contributed by atoms with Gasteiger partial charge in [-0.15, -0.1) is 0 Å². The number of rotatable bonds is 8. The Morgan fingerprint density at radius 1 is 1.29 bits per heavy atom. The van der Waals surface area contributed by atoms with E-state index in [2.05, 4.69) is 13.8 Å². The molecule has 1 rings (SSSR count). The Labute approximate surface area is 128 Å². The molecule has 0 aliphatic carbocycles. The van der Waals surface area contributed by atoms with E-state index >= 15 is 0 Å². The van der Waals surface area contributed by atoms with Gasteiger partial charge in [-0.05, 0) is 30.9 Å². The van der Waals surface area contributed by atoms with Crippen molar-refractivity contribution in [2.45, 2.75) is 39.7 Å². The van der Waals surface area contributed by atoms with Crippen molar-refractivity contribution in [3.63, 3.8) is 0 Å². The summed E-state index contributed by atoms with van der Waals surface area (Å²) >= 11 is 0. The molecule has 1 aromatic carbocycles. The van der Waals surface area contributed by atoms with Gasteiger partial charge in [-0.1, -0.05) is 32.0 Å². The third kappa shape index (κ3) is 5.76. The van der Waals surface area contributed by atoms with Crippen LogP contribution in [-0.4, -0.2) is 31.5 Å². The second-order valence-corrected chi connectivity index (χ2v) is 6.26. The second-order valence-electron chi connectivity index (χ2n) is 6.26. The molecule has 0 saturated carbocycles. The highest BCUT2D eigenvalue weighted by atomic mass is 16.5. The van der Waals surface area contributed by atoms with E-state index in [0.717, 1.165) is 24.2 Å². The lowest BCUT2D eigenvalue weighted by molar-refractivity contribution is -0.131. The van der Waals surface area contributed by atoms with E-state index in [0.29, 0.717) is 19.5 Å². The summed E-state index contributed by atoms with van der Waals surface area (Å²) in [5.41, 5.74) is 6.75. The normalized spacial score (nSPS) is 11.3. The highest BCUT2D eigenvalue weighted by Crippen LogP contribution is 2.26. The average molecular weight is 292 g/mol. The number of carbonyl (C=O) groups is 1. The lowest BCUT2D eigenvalue weighted by Crippen LogP contribution is -2.28. The van der Waals surface area contributed by atoms with Gasteiger partial charge in [-0.3, -0.25) is 4.79 Å². The Morgan fingerprint density at radius 3 is 2.57 bits per heavy atom. The molecular formula is C17H28N2O2. The monoisotopic (exact) mass is 292 g/mol. The lowest BCUT2D eigenvalue weighted by Gasteiger charge is -2.25. The van der Waals surface area contributed by atoms with Gasteiger partial charge < -0.3 is 15.4 Å². The lowest BCUT2D eigenvalue weighted by atomic mass is 9.84.